The summed E-state index contributed by atoms with van der Waals surface area (Å²) >= 11 is 0. The fraction of sp³-hybridized carbons (Fsp3) is 0.641. The summed E-state index contributed by atoms with van der Waals surface area (Å²) in [6.07, 6.45) is 27.9. The quantitative estimate of drug-likeness (QED) is 0.179. The van der Waals surface area contributed by atoms with Crippen LogP contribution in [-0.2, 0) is 11.3 Å². The zero-order valence-corrected chi connectivity index (χ0v) is 31.1. The van der Waals surface area contributed by atoms with Crippen LogP contribution < -0.4 is 5.19 Å². The van der Waals surface area contributed by atoms with Crippen LogP contribution in [0.5, 0.6) is 0 Å². The Hall–Kier alpha value is -1.54. The van der Waals surface area contributed by atoms with E-state index in [1.165, 1.54) is 68.3 Å². The van der Waals surface area contributed by atoms with Crippen LogP contribution in [0.3, 0.4) is 0 Å². The summed E-state index contributed by atoms with van der Waals surface area (Å²) < 4.78 is 0. The van der Waals surface area contributed by atoms with E-state index in [9.17, 15) is 0 Å². The molecular formula is C39H52N4P2Si. The highest BCUT2D eigenvalue weighted by molar-refractivity contribution is 7.58. The second-order valence-electron chi connectivity index (χ2n) is 17.6. The van der Waals surface area contributed by atoms with Crippen LogP contribution in [0.1, 0.15) is 86.7 Å². The van der Waals surface area contributed by atoms with Crippen LogP contribution in [0.25, 0.3) is 0 Å². The molecule has 0 spiro atoms. The molecule has 2 aromatic heterocycles. The van der Waals surface area contributed by atoms with Crippen molar-refractivity contribution in [2.24, 2.45) is 47.3 Å². The summed E-state index contributed by atoms with van der Waals surface area (Å²) in [5.74, 6) is 8.11. The van der Waals surface area contributed by atoms with Crippen LogP contribution in [0.2, 0.25) is 19.6 Å². The first-order valence-electron chi connectivity index (χ1n) is 18.5. The van der Waals surface area contributed by atoms with Crippen molar-refractivity contribution in [3.63, 3.8) is 0 Å². The van der Waals surface area contributed by atoms with Crippen molar-refractivity contribution < 1.29 is 0 Å². The lowest BCUT2D eigenvalue weighted by Gasteiger charge is -2.62. The van der Waals surface area contributed by atoms with E-state index < -0.39 is 13.2 Å². The minimum absolute atomic E-state index is 0.146. The minimum Gasteiger partial charge on any atom is -0.261 e. The second kappa shape index (κ2) is 11.5. The van der Waals surface area contributed by atoms with Crippen molar-refractivity contribution >= 4 is 30.4 Å². The summed E-state index contributed by atoms with van der Waals surface area (Å²) in [7, 11) is 1.52. The molecule has 1 unspecified atom stereocenters. The Balaban J connectivity index is 1.20. The van der Waals surface area contributed by atoms with E-state index in [4.69, 9.17) is 9.97 Å². The Morgan fingerprint density at radius 1 is 0.674 bits per heavy atom. The molecule has 8 saturated carbocycles. The monoisotopic (exact) mass is 666 g/mol. The van der Waals surface area contributed by atoms with Gasteiger partial charge in [-0.1, -0.05) is 50.9 Å². The van der Waals surface area contributed by atoms with Gasteiger partial charge in [0, 0.05) is 24.8 Å². The van der Waals surface area contributed by atoms with Gasteiger partial charge in [0.15, 0.2) is 0 Å². The lowest BCUT2D eigenvalue weighted by Crippen LogP contribution is -2.52. The molecule has 3 aromatic rings. The van der Waals surface area contributed by atoms with Crippen molar-refractivity contribution in [3.05, 3.63) is 77.9 Å². The van der Waals surface area contributed by atoms with Crippen LogP contribution in [0, 0.1) is 47.3 Å². The van der Waals surface area contributed by atoms with Crippen molar-refractivity contribution in [1.29, 1.82) is 0 Å². The normalized spacial score (nSPS) is 36.7. The molecular weight excluding hydrogens is 614 g/mol. The van der Waals surface area contributed by atoms with Gasteiger partial charge in [0.2, 0.25) is 0 Å². The van der Waals surface area contributed by atoms with Crippen molar-refractivity contribution in [2.45, 2.75) is 106 Å². The predicted molar refractivity (Wildman–Crippen MR) is 195 cm³/mol. The summed E-state index contributed by atoms with van der Waals surface area (Å²) in [4.78, 5) is 19.2. The molecule has 8 fully saturated rings. The number of rotatable bonds is 8. The molecule has 0 radical (unpaired) electrons. The number of hydrogen-bond donors (Lipinski definition) is 0. The number of hydrogen-bond acceptors (Lipinski definition) is 4. The van der Waals surface area contributed by atoms with Gasteiger partial charge in [-0.2, -0.15) is 0 Å². The van der Waals surface area contributed by atoms with Crippen molar-refractivity contribution in [2.75, 3.05) is 0 Å². The first kappa shape index (κ1) is 30.5. The van der Waals surface area contributed by atoms with Gasteiger partial charge in [-0.05, 0) is 140 Å². The Labute approximate surface area is 281 Å². The molecule has 11 rings (SSSR count). The van der Waals surface area contributed by atoms with Gasteiger partial charge in [0.25, 0.3) is 0 Å². The van der Waals surface area contributed by atoms with Gasteiger partial charge in [0.1, 0.15) is 0 Å². The van der Waals surface area contributed by atoms with E-state index in [0.29, 0.717) is 0 Å². The first-order valence-corrected chi connectivity index (χ1v) is 24.2. The lowest BCUT2D eigenvalue weighted by atomic mass is 9.55. The number of aromatic nitrogens is 4. The Bertz CT molecular complexity index is 1440. The summed E-state index contributed by atoms with van der Waals surface area (Å²) in [6, 6.07) is 7.68. The van der Waals surface area contributed by atoms with Crippen molar-refractivity contribution in [1.82, 2.24) is 19.9 Å². The Morgan fingerprint density at radius 2 is 1.13 bits per heavy atom. The van der Waals surface area contributed by atoms with Crippen LogP contribution >= 0.6 is 17.2 Å². The van der Waals surface area contributed by atoms with Gasteiger partial charge in [0.05, 0.1) is 37.0 Å². The largest absolute Gasteiger partial charge is 0.261 e. The molecule has 8 aliphatic rings. The maximum Gasteiger partial charge on any atom is 0.0966 e. The van der Waals surface area contributed by atoms with Crippen molar-refractivity contribution in [3.8, 4) is 0 Å². The van der Waals surface area contributed by atoms with Gasteiger partial charge in [-0.15, -0.1) is 9.24 Å². The molecule has 0 aliphatic heterocycles. The van der Waals surface area contributed by atoms with E-state index >= 15 is 0 Å². The summed E-state index contributed by atoms with van der Waals surface area (Å²) in [5, 5.41) is 0.919. The lowest BCUT2D eigenvalue weighted by molar-refractivity contribution is 0.0129. The third-order valence-corrected chi connectivity index (χ3v) is 20.7. The fourth-order valence-corrected chi connectivity index (χ4v) is 18.8. The number of nitrogens with zero attached hydrogens (tertiary/aromatic N) is 4. The SMILES string of the molecule is C[Si](C)(C)c1ccc(CP(C2C3CC4CC(C3)CC2C4)C2C3CC4CC(C3)CC2C4)c(C(P)(c2cnccn2)c2cnccn2)c1. The molecule has 46 heavy (non-hydrogen) atoms. The highest BCUT2D eigenvalue weighted by Gasteiger charge is 2.57. The van der Waals surface area contributed by atoms with Crippen LogP contribution in [0.4, 0.5) is 0 Å². The van der Waals surface area contributed by atoms with Crippen LogP contribution in [0.15, 0.2) is 55.4 Å². The zero-order valence-electron chi connectivity index (χ0n) is 28.1. The maximum absolute atomic E-state index is 4.98. The molecule has 0 saturated heterocycles. The second-order valence-corrected chi connectivity index (χ2v) is 26.1. The highest BCUT2D eigenvalue weighted by Crippen LogP contribution is 2.72. The van der Waals surface area contributed by atoms with Gasteiger partial charge in [-0.3, -0.25) is 19.9 Å². The predicted octanol–water partition coefficient (Wildman–Crippen LogP) is 8.61. The molecule has 2 heterocycles. The summed E-state index contributed by atoms with van der Waals surface area (Å²) in [6.45, 7) is 7.45. The highest BCUT2D eigenvalue weighted by atomic mass is 31.1. The van der Waals surface area contributed by atoms with E-state index in [1.807, 2.05) is 24.8 Å². The smallest absolute Gasteiger partial charge is 0.0966 e. The fourth-order valence-electron chi connectivity index (χ4n) is 12.4. The zero-order chi connectivity index (χ0) is 31.2. The maximum atomic E-state index is 4.98. The van der Waals surface area contributed by atoms with E-state index in [2.05, 4.69) is 57.0 Å². The third kappa shape index (κ3) is 5.11. The molecule has 0 N–H and O–H groups in total. The molecule has 0 amide bonds. The van der Waals surface area contributed by atoms with Gasteiger partial charge in [-0.25, -0.2) is 0 Å². The van der Waals surface area contributed by atoms with Gasteiger partial charge < -0.3 is 0 Å². The van der Waals surface area contributed by atoms with Crippen LogP contribution in [-0.4, -0.2) is 39.3 Å². The molecule has 1 aromatic carbocycles. The molecule has 242 valence electrons. The first-order chi connectivity index (χ1) is 22.2. The minimum atomic E-state index is -1.59. The van der Waals surface area contributed by atoms with E-state index in [1.54, 1.807) is 30.8 Å². The molecule has 7 heteroatoms. The average Bonchev–Trinajstić information content (AvgIpc) is 3.04. The Kier molecular flexibility index (Phi) is 7.64. The van der Waals surface area contributed by atoms with E-state index in [-0.39, 0.29) is 7.92 Å². The standard InChI is InChI=1S/C39H52N4P2Si/c1-46(2,3)33-5-4-28(34(20-33)39(44,35-21-40-6-8-42-35)36-22-41-7-9-43-36)23-45(37-29-12-24-10-25(14-29)15-30(37)13-24)38-31-16-26-11-27(18-31)19-32(38)17-26/h4-9,20-22,24-27,29-32,37-38H,10-19,23,44H2,1-3H3. The number of benzene rings is 1. The molecule has 8 bridgehead atoms. The van der Waals surface area contributed by atoms with Gasteiger partial charge >= 0.3 is 0 Å². The van der Waals surface area contributed by atoms with E-state index in [0.717, 1.165) is 70.0 Å². The summed E-state index contributed by atoms with van der Waals surface area (Å²) in [5.41, 5.74) is 6.79. The third-order valence-electron chi connectivity index (χ3n) is 13.8. The average molecular weight is 667 g/mol. The Morgan fingerprint density at radius 3 is 1.52 bits per heavy atom. The topological polar surface area (TPSA) is 51.6 Å². The molecule has 1 atom stereocenters. The molecule has 4 nitrogen and oxygen atoms in total. The molecule has 8 aliphatic carbocycles.